The van der Waals surface area contributed by atoms with Crippen LogP contribution in [0.2, 0.25) is 0 Å². The zero-order chi connectivity index (χ0) is 25.5. The first-order valence-corrected chi connectivity index (χ1v) is 13.4. The number of rotatable bonds is 10. The molecular formula is C31H35N3O3. The van der Waals surface area contributed by atoms with Crippen molar-refractivity contribution in [1.82, 2.24) is 14.5 Å². The fourth-order valence-electron chi connectivity index (χ4n) is 5.31. The van der Waals surface area contributed by atoms with E-state index in [0.29, 0.717) is 17.4 Å². The van der Waals surface area contributed by atoms with Crippen LogP contribution in [0.4, 0.5) is 0 Å². The average Bonchev–Trinajstić information content (AvgIpc) is 2.95. The van der Waals surface area contributed by atoms with Gasteiger partial charge >= 0.3 is 5.69 Å². The van der Waals surface area contributed by atoms with Gasteiger partial charge in [0.1, 0.15) is 6.10 Å². The van der Waals surface area contributed by atoms with Gasteiger partial charge in [-0.2, -0.15) is 0 Å². The van der Waals surface area contributed by atoms with Crippen LogP contribution in [-0.4, -0.2) is 40.2 Å². The molecule has 0 aliphatic carbocycles. The lowest BCUT2D eigenvalue weighted by Crippen LogP contribution is -2.38. The van der Waals surface area contributed by atoms with E-state index in [4.69, 9.17) is 4.74 Å². The van der Waals surface area contributed by atoms with E-state index in [2.05, 4.69) is 58.4 Å². The lowest BCUT2D eigenvalue weighted by Gasteiger charge is -2.34. The highest BCUT2D eigenvalue weighted by Crippen LogP contribution is 2.30. The molecule has 1 saturated heterocycles. The maximum Gasteiger partial charge on any atom is 0.328 e. The topological polar surface area (TPSA) is 67.3 Å². The molecule has 6 nitrogen and oxygen atoms in total. The van der Waals surface area contributed by atoms with Crippen molar-refractivity contribution in [2.24, 2.45) is 0 Å². The van der Waals surface area contributed by atoms with E-state index in [9.17, 15) is 9.59 Å². The molecule has 2 heterocycles. The van der Waals surface area contributed by atoms with E-state index in [0.717, 1.165) is 51.7 Å². The van der Waals surface area contributed by atoms with Gasteiger partial charge in [0.15, 0.2) is 0 Å². The number of benzene rings is 3. The molecule has 4 aromatic rings. The fraction of sp³-hybridized carbons (Fsp3) is 0.355. The summed E-state index contributed by atoms with van der Waals surface area (Å²) in [6.45, 7) is 3.77. The number of unbranched alkanes of at least 4 members (excludes halogenated alkanes) is 2. The van der Waals surface area contributed by atoms with Crippen molar-refractivity contribution >= 4 is 10.9 Å². The number of H-pyrrole nitrogens is 1. The molecular weight excluding hydrogens is 462 g/mol. The summed E-state index contributed by atoms with van der Waals surface area (Å²) in [6.07, 6.45) is 5.34. The smallest absolute Gasteiger partial charge is 0.328 e. The number of nitrogens with zero attached hydrogens (tertiary/aromatic N) is 2. The maximum atomic E-state index is 12.3. The highest BCUT2D eigenvalue weighted by atomic mass is 16.5. The molecule has 1 aliphatic rings. The SMILES string of the molecule is O=c1[nH]c(=O)n(CCCCCN2CCC(OC(c3ccccc3)c3ccccc3)CC2)c2ccccc12. The van der Waals surface area contributed by atoms with Crippen molar-refractivity contribution in [3.63, 3.8) is 0 Å². The third kappa shape index (κ3) is 6.27. The Morgan fingerprint density at radius 3 is 2.03 bits per heavy atom. The monoisotopic (exact) mass is 497 g/mol. The Bertz CT molecular complexity index is 1350. The molecule has 5 rings (SSSR count). The molecule has 0 bridgehead atoms. The number of aromatic nitrogens is 2. The zero-order valence-corrected chi connectivity index (χ0v) is 21.2. The first kappa shape index (κ1) is 25.2. The van der Waals surface area contributed by atoms with E-state index in [1.54, 1.807) is 10.6 Å². The van der Waals surface area contributed by atoms with Crippen LogP contribution in [0.3, 0.4) is 0 Å². The van der Waals surface area contributed by atoms with Crippen molar-refractivity contribution < 1.29 is 4.74 Å². The second-order valence-electron chi connectivity index (χ2n) is 9.87. The van der Waals surface area contributed by atoms with E-state index in [1.807, 2.05) is 30.3 Å². The van der Waals surface area contributed by atoms with Crippen LogP contribution in [-0.2, 0) is 11.3 Å². The van der Waals surface area contributed by atoms with Crippen LogP contribution < -0.4 is 11.2 Å². The van der Waals surface area contributed by atoms with Gasteiger partial charge < -0.3 is 9.64 Å². The van der Waals surface area contributed by atoms with Gasteiger partial charge in [-0.25, -0.2) is 4.79 Å². The summed E-state index contributed by atoms with van der Waals surface area (Å²) in [4.78, 5) is 29.4. The summed E-state index contributed by atoms with van der Waals surface area (Å²) in [5.74, 6) is 0. The minimum atomic E-state index is -0.324. The number of nitrogens with one attached hydrogen (secondary N) is 1. The van der Waals surface area contributed by atoms with Crippen molar-refractivity contribution in [3.05, 3.63) is 117 Å². The molecule has 0 unspecified atom stereocenters. The van der Waals surface area contributed by atoms with Crippen LogP contribution in [0.15, 0.2) is 94.5 Å². The minimum Gasteiger partial charge on any atom is -0.365 e. The standard InChI is InChI=1S/C31H35N3O3/c35-30-27-16-8-9-17-28(27)34(31(36)32-30)21-11-3-10-20-33-22-18-26(19-23-33)37-29(24-12-4-1-5-13-24)25-14-6-2-7-15-25/h1-2,4-9,12-17,26,29H,3,10-11,18-23H2,(H,32,35,36). The summed E-state index contributed by atoms with van der Waals surface area (Å²) in [7, 11) is 0. The van der Waals surface area contributed by atoms with Gasteiger partial charge in [-0.05, 0) is 55.5 Å². The molecule has 0 saturated carbocycles. The predicted octanol–water partition coefficient (Wildman–Crippen LogP) is 5.13. The van der Waals surface area contributed by atoms with Crippen LogP contribution in [0, 0.1) is 0 Å². The maximum absolute atomic E-state index is 12.3. The number of aryl methyl sites for hydroxylation is 1. The number of aromatic amines is 1. The van der Waals surface area contributed by atoms with Gasteiger partial charge in [0.05, 0.1) is 17.0 Å². The Morgan fingerprint density at radius 1 is 0.757 bits per heavy atom. The van der Waals surface area contributed by atoms with Crippen LogP contribution >= 0.6 is 0 Å². The van der Waals surface area contributed by atoms with Crippen molar-refractivity contribution in [3.8, 4) is 0 Å². The number of piperidine rings is 1. The highest BCUT2D eigenvalue weighted by Gasteiger charge is 2.24. The minimum absolute atomic E-state index is 0.0358. The van der Waals surface area contributed by atoms with E-state index in [1.165, 1.54) is 11.1 Å². The molecule has 0 radical (unpaired) electrons. The van der Waals surface area contributed by atoms with E-state index >= 15 is 0 Å². The Balaban J connectivity index is 1.08. The summed E-state index contributed by atoms with van der Waals surface area (Å²) >= 11 is 0. The van der Waals surface area contributed by atoms with Gasteiger partial charge in [-0.3, -0.25) is 14.3 Å². The van der Waals surface area contributed by atoms with Crippen molar-refractivity contribution in [2.45, 2.75) is 50.9 Å². The number of likely N-dealkylation sites (tertiary alicyclic amines) is 1. The zero-order valence-electron chi connectivity index (χ0n) is 21.2. The number of hydrogen-bond donors (Lipinski definition) is 1. The lowest BCUT2D eigenvalue weighted by molar-refractivity contribution is -0.0271. The Kier molecular flexibility index (Phi) is 8.28. The van der Waals surface area contributed by atoms with E-state index < -0.39 is 0 Å². The second-order valence-corrected chi connectivity index (χ2v) is 9.87. The number of fused-ring (bicyclic) bond motifs is 1. The summed E-state index contributed by atoms with van der Waals surface area (Å²) in [6, 6.07) is 28.3. The number of hydrogen-bond acceptors (Lipinski definition) is 4. The fourth-order valence-corrected chi connectivity index (χ4v) is 5.31. The molecule has 3 aromatic carbocycles. The Labute approximate surface area is 217 Å². The van der Waals surface area contributed by atoms with Gasteiger partial charge in [-0.1, -0.05) is 79.2 Å². The molecule has 1 aliphatic heterocycles. The Morgan fingerprint density at radius 2 is 1.35 bits per heavy atom. The quantitative estimate of drug-likeness (QED) is 0.309. The first-order chi connectivity index (χ1) is 18.2. The van der Waals surface area contributed by atoms with Gasteiger partial charge in [0.2, 0.25) is 0 Å². The molecule has 1 N–H and O–H groups in total. The predicted molar refractivity (Wildman–Crippen MR) is 148 cm³/mol. The van der Waals surface area contributed by atoms with Gasteiger partial charge in [-0.15, -0.1) is 0 Å². The Hall–Kier alpha value is -3.48. The highest BCUT2D eigenvalue weighted by molar-refractivity contribution is 5.77. The summed E-state index contributed by atoms with van der Waals surface area (Å²) in [5.41, 5.74) is 2.47. The second kappa shape index (κ2) is 12.2. The third-order valence-electron chi connectivity index (χ3n) is 7.33. The normalized spacial score (nSPS) is 14.9. The van der Waals surface area contributed by atoms with E-state index in [-0.39, 0.29) is 23.5 Å². The number of para-hydroxylation sites is 1. The molecule has 0 spiro atoms. The van der Waals surface area contributed by atoms with Crippen molar-refractivity contribution in [1.29, 1.82) is 0 Å². The summed E-state index contributed by atoms with van der Waals surface area (Å²) in [5, 5.41) is 0.564. The summed E-state index contributed by atoms with van der Waals surface area (Å²) < 4.78 is 8.36. The molecule has 37 heavy (non-hydrogen) atoms. The van der Waals surface area contributed by atoms with Gasteiger partial charge in [0, 0.05) is 19.6 Å². The molecule has 1 fully saturated rings. The molecule has 6 heteroatoms. The molecule has 192 valence electrons. The van der Waals surface area contributed by atoms with Crippen LogP contribution in [0.5, 0.6) is 0 Å². The lowest BCUT2D eigenvalue weighted by atomic mass is 10.00. The largest absolute Gasteiger partial charge is 0.365 e. The third-order valence-corrected chi connectivity index (χ3v) is 7.33. The first-order valence-electron chi connectivity index (χ1n) is 13.4. The van der Waals surface area contributed by atoms with Crippen LogP contribution in [0.25, 0.3) is 10.9 Å². The van der Waals surface area contributed by atoms with Crippen LogP contribution in [0.1, 0.15) is 49.3 Å². The molecule has 0 atom stereocenters. The molecule has 1 aromatic heterocycles. The van der Waals surface area contributed by atoms with Gasteiger partial charge in [0.25, 0.3) is 5.56 Å². The van der Waals surface area contributed by atoms with Crippen molar-refractivity contribution in [2.75, 3.05) is 19.6 Å². The average molecular weight is 498 g/mol. The molecule has 0 amide bonds. The number of ether oxygens (including phenoxy) is 1.